The summed E-state index contributed by atoms with van der Waals surface area (Å²) in [7, 11) is 0. The third-order valence-electron chi connectivity index (χ3n) is 2.55. The summed E-state index contributed by atoms with van der Waals surface area (Å²) in [5.41, 5.74) is 1.29. The van der Waals surface area contributed by atoms with Crippen molar-refractivity contribution in [2.45, 2.75) is 12.3 Å². The predicted octanol–water partition coefficient (Wildman–Crippen LogP) is 1.03. The number of nitrogens with zero attached hydrogens (tertiary/aromatic N) is 2. The minimum Gasteiger partial charge on any atom is -0.345 e. The summed E-state index contributed by atoms with van der Waals surface area (Å²) in [6, 6.07) is 4.05. The zero-order chi connectivity index (χ0) is 9.10. The van der Waals surface area contributed by atoms with Gasteiger partial charge in [-0.15, -0.1) is 0 Å². The van der Waals surface area contributed by atoms with Crippen molar-refractivity contribution in [1.29, 1.82) is 0 Å². The highest BCUT2D eigenvalue weighted by atomic mass is 16.1. The van der Waals surface area contributed by atoms with E-state index < -0.39 is 0 Å². The molecule has 0 radical (unpaired) electrons. The Kier molecular flexibility index (Phi) is 2.25. The fourth-order valence-corrected chi connectivity index (χ4v) is 1.79. The molecule has 1 aliphatic rings. The second kappa shape index (κ2) is 3.56. The molecule has 13 heavy (non-hydrogen) atoms. The number of amides is 1. The molecular formula is C10H12N2O. The van der Waals surface area contributed by atoms with E-state index in [4.69, 9.17) is 0 Å². The van der Waals surface area contributed by atoms with Gasteiger partial charge in [0.15, 0.2) is 0 Å². The Bertz CT molecular complexity index is 286. The summed E-state index contributed by atoms with van der Waals surface area (Å²) < 4.78 is 0. The standard InChI is InChI=1S/C10H12N2O/c13-8-12-6-3-10(7-12)9-1-4-11-5-2-9/h1-2,4-5,8,10H,3,6-7H2. The van der Waals surface area contributed by atoms with Gasteiger partial charge in [-0.1, -0.05) is 0 Å². The summed E-state index contributed by atoms with van der Waals surface area (Å²) in [6.07, 6.45) is 5.61. The van der Waals surface area contributed by atoms with E-state index in [0.29, 0.717) is 5.92 Å². The van der Waals surface area contributed by atoms with Gasteiger partial charge in [-0.05, 0) is 24.1 Å². The van der Waals surface area contributed by atoms with Gasteiger partial charge in [0.25, 0.3) is 0 Å². The van der Waals surface area contributed by atoms with Gasteiger partial charge in [0.1, 0.15) is 0 Å². The second-order valence-electron chi connectivity index (χ2n) is 3.37. The van der Waals surface area contributed by atoms with Gasteiger partial charge in [0, 0.05) is 31.4 Å². The third-order valence-corrected chi connectivity index (χ3v) is 2.55. The minimum absolute atomic E-state index is 0.508. The molecule has 1 fully saturated rings. The molecule has 0 aliphatic carbocycles. The lowest BCUT2D eigenvalue weighted by Gasteiger charge is -2.09. The molecule has 1 aromatic heterocycles. The maximum absolute atomic E-state index is 10.5. The van der Waals surface area contributed by atoms with Crippen LogP contribution in [0.2, 0.25) is 0 Å². The molecule has 0 N–H and O–H groups in total. The second-order valence-corrected chi connectivity index (χ2v) is 3.37. The van der Waals surface area contributed by atoms with Crippen LogP contribution in [0.15, 0.2) is 24.5 Å². The van der Waals surface area contributed by atoms with Gasteiger partial charge in [0.05, 0.1) is 0 Å². The topological polar surface area (TPSA) is 33.2 Å². The van der Waals surface area contributed by atoms with Crippen LogP contribution in [-0.2, 0) is 4.79 Å². The number of likely N-dealkylation sites (tertiary alicyclic amines) is 1. The number of pyridine rings is 1. The number of hydrogen-bond donors (Lipinski definition) is 0. The molecule has 1 saturated heterocycles. The van der Waals surface area contributed by atoms with Crippen molar-refractivity contribution in [3.8, 4) is 0 Å². The molecule has 0 aromatic carbocycles. The molecule has 3 nitrogen and oxygen atoms in total. The summed E-state index contributed by atoms with van der Waals surface area (Å²) >= 11 is 0. The van der Waals surface area contributed by atoms with Gasteiger partial charge in [-0.2, -0.15) is 0 Å². The van der Waals surface area contributed by atoms with E-state index in [1.165, 1.54) is 5.56 Å². The zero-order valence-electron chi connectivity index (χ0n) is 7.39. The molecule has 2 heterocycles. The van der Waals surface area contributed by atoms with E-state index in [1.807, 2.05) is 17.0 Å². The zero-order valence-corrected chi connectivity index (χ0v) is 7.39. The number of carbonyl (C=O) groups is 1. The SMILES string of the molecule is O=CN1CCC(c2ccncc2)C1. The Morgan fingerprint density at radius 3 is 2.85 bits per heavy atom. The quantitative estimate of drug-likeness (QED) is 0.630. The summed E-state index contributed by atoms with van der Waals surface area (Å²) in [5.74, 6) is 0.508. The Balaban J connectivity index is 2.08. The van der Waals surface area contributed by atoms with Gasteiger partial charge in [-0.3, -0.25) is 9.78 Å². The molecule has 1 aromatic rings. The van der Waals surface area contributed by atoms with Gasteiger partial charge >= 0.3 is 0 Å². The first-order valence-electron chi connectivity index (χ1n) is 4.49. The Hall–Kier alpha value is -1.38. The highest BCUT2D eigenvalue weighted by Gasteiger charge is 2.22. The molecule has 68 valence electrons. The molecule has 0 spiro atoms. The van der Waals surface area contributed by atoms with E-state index in [-0.39, 0.29) is 0 Å². The van der Waals surface area contributed by atoms with Gasteiger partial charge in [-0.25, -0.2) is 0 Å². The maximum Gasteiger partial charge on any atom is 0.209 e. The lowest BCUT2D eigenvalue weighted by molar-refractivity contribution is -0.117. The Labute approximate surface area is 77.4 Å². The molecule has 0 saturated carbocycles. The van der Waals surface area contributed by atoms with Gasteiger partial charge < -0.3 is 4.90 Å². The fraction of sp³-hybridized carbons (Fsp3) is 0.400. The summed E-state index contributed by atoms with van der Waals surface area (Å²) in [5, 5.41) is 0. The lowest BCUT2D eigenvalue weighted by atomic mass is 10.0. The average molecular weight is 176 g/mol. The number of aromatic nitrogens is 1. The predicted molar refractivity (Wildman–Crippen MR) is 49.2 cm³/mol. The normalized spacial score (nSPS) is 21.8. The van der Waals surface area contributed by atoms with Crippen LogP contribution in [0.4, 0.5) is 0 Å². The molecular weight excluding hydrogens is 164 g/mol. The number of carbonyl (C=O) groups excluding carboxylic acids is 1. The van der Waals surface area contributed by atoms with Crippen molar-refractivity contribution in [3.63, 3.8) is 0 Å². The van der Waals surface area contributed by atoms with Crippen LogP contribution >= 0.6 is 0 Å². The molecule has 3 heteroatoms. The van der Waals surface area contributed by atoms with Crippen molar-refractivity contribution in [1.82, 2.24) is 9.88 Å². The minimum atomic E-state index is 0.508. The van der Waals surface area contributed by atoms with Gasteiger partial charge in [0.2, 0.25) is 6.41 Å². The van der Waals surface area contributed by atoms with Crippen LogP contribution in [-0.4, -0.2) is 29.4 Å². The first-order valence-corrected chi connectivity index (χ1v) is 4.49. The molecule has 2 rings (SSSR count). The largest absolute Gasteiger partial charge is 0.345 e. The van der Waals surface area contributed by atoms with Crippen LogP contribution in [0, 0.1) is 0 Å². The van der Waals surface area contributed by atoms with Crippen LogP contribution in [0.1, 0.15) is 17.9 Å². The number of rotatable bonds is 2. The molecule has 0 bridgehead atoms. The van der Waals surface area contributed by atoms with Crippen LogP contribution in [0.3, 0.4) is 0 Å². The maximum atomic E-state index is 10.5. The smallest absolute Gasteiger partial charge is 0.209 e. The van der Waals surface area contributed by atoms with Crippen molar-refractivity contribution in [3.05, 3.63) is 30.1 Å². The molecule has 1 atom stereocenters. The highest BCUT2D eigenvalue weighted by Crippen LogP contribution is 2.25. The van der Waals surface area contributed by atoms with Crippen LogP contribution in [0.25, 0.3) is 0 Å². The van der Waals surface area contributed by atoms with E-state index in [2.05, 4.69) is 4.98 Å². The van der Waals surface area contributed by atoms with E-state index >= 15 is 0 Å². The summed E-state index contributed by atoms with van der Waals surface area (Å²) in [6.45, 7) is 1.74. The van der Waals surface area contributed by atoms with Crippen molar-refractivity contribution in [2.24, 2.45) is 0 Å². The first kappa shape index (κ1) is 8.23. The van der Waals surface area contributed by atoms with E-state index in [0.717, 1.165) is 25.9 Å². The first-order chi connectivity index (χ1) is 6.40. The third kappa shape index (κ3) is 1.69. The lowest BCUT2D eigenvalue weighted by Crippen LogP contribution is -2.17. The van der Waals surface area contributed by atoms with Crippen LogP contribution < -0.4 is 0 Å². The fourth-order valence-electron chi connectivity index (χ4n) is 1.79. The number of hydrogen-bond acceptors (Lipinski definition) is 2. The summed E-state index contributed by atoms with van der Waals surface area (Å²) in [4.78, 5) is 16.3. The van der Waals surface area contributed by atoms with Crippen molar-refractivity contribution in [2.75, 3.05) is 13.1 Å². The molecule has 1 aliphatic heterocycles. The van der Waals surface area contributed by atoms with Crippen molar-refractivity contribution < 1.29 is 4.79 Å². The van der Waals surface area contributed by atoms with Crippen LogP contribution in [0.5, 0.6) is 0 Å². The highest BCUT2D eigenvalue weighted by molar-refractivity contribution is 5.48. The molecule has 1 unspecified atom stereocenters. The van der Waals surface area contributed by atoms with E-state index in [1.54, 1.807) is 12.4 Å². The molecule has 1 amide bonds. The average Bonchev–Trinajstić information content (AvgIpc) is 2.67. The van der Waals surface area contributed by atoms with Crippen molar-refractivity contribution >= 4 is 6.41 Å². The Morgan fingerprint density at radius 2 is 2.23 bits per heavy atom. The Morgan fingerprint density at radius 1 is 1.46 bits per heavy atom. The monoisotopic (exact) mass is 176 g/mol. The van der Waals surface area contributed by atoms with E-state index in [9.17, 15) is 4.79 Å².